The SMILES string of the molecule is CCCNCC1CCCCCC1Cc1ccc(Cl)cc1. The van der Waals surface area contributed by atoms with Gasteiger partial charge < -0.3 is 5.32 Å². The quantitative estimate of drug-likeness (QED) is 0.570. The van der Waals surface area contributed by atoms with Crippen LogP contribution in [0.2, 0.25) is 5.02 Å². The van der Waals surface area contributed by atoms with Gasteiger partial charge >= 0.3 is 0 Å². The summed E-state index contributed by atoms with van der Waals surface area (Å²) < 4.78 is 0. The minimum absolute atomic E-state index is 0.836. The van der Waals surface area contributed by atoms with E-state index in [1.807, 2.05) is 12.1 Å². The molecule has 0 saturated heterocycles. The number of halogens is 1. The molecule has 1 saturated carbocycles. The fourth-order valence-corrected chi connectivity index (χ4v) is 3.51. The largest absolute Gasteiger partial charge is 0.316 e. The summed E-state index contributed by atoms with van der Waals surface area (Å²) in [6.07, 6.45) is 9.47. The van der Waals surface area contributed by atoms with Crippen LogP contribution < -0.4 is 5.32 Å². The van der Waals surface area contributed by atoms with Crippen molar-refractivity contribution in [2.75, 3.05) is 13.1 Å². The molecule has 0 amide bonds. The normalized spacial score (nSPS) is 23.5. The topological polar surface area (TPSA) is 12.0 Å². The monoisotopic (exact) mass is 293 g/mol. The zero-order chi connectivity index (χ0) is 14.2. The molecule has 2 heteroatoms. The van der Waals surface area contributed by atoms with E-state index in [0.717, 1.165) is 23.4 Å². The van der Waals surface area contributed by atoms with Gasteiger partial charge in [-0.2, -0.15) is 0 Å². The average molecular weight is 294 g/mol. The summed E-state index contributed by atoms with van der Waals surface area (Å²) >= 11 is 5.98. The van der Waals surface area contributed by atoms with E-state index in [0.29, 0.717) is 0 Å². The summed E-state index contributed by atoms with van der Waals surface area (Å²) in [6.45, 7) is 4.60. The van der Waals surface area contributed by atoms with Gasteiger partial charge in [0.15, 0.2) is 0 Å². The molecule has 1 N–H and O–H groups in total. The Morgan fingerprint density at radius 2 is 1.75 bits per heavy atom. The fraction of sp³-hybridized carbons (Fsp3) is 0.667. The maximum absolute atomic E-state index is 5.98. The van der Waals surface area contributed by atoms with Gasteiger partial charge in [-0.1, -0.05) is 49.9 Å². The smallest absolute Gasteiger partial charge is 0.0406 e. The second-order valence-corrected chi connectivity index (χ2v) is 6.63. The van der Waals surface area contributed by atoms with E-state index in [-0.39, 0.29) is 0 Å². The van der Waals surface area contributed by atoms with E-state index in [1.54, 1.807) is 0 Å². The Balaban J connectivity index is 1.94. The van der Waals surface area contributed by atoms with Gasteiger partial charge in [0.25, 0.3) is 0 Å². The molecular formula is C18H28ClN. The summed E-state index contributed by atoms with van der Waals surface area (Å²) in [6, 6.07) is 8.45. The number of hydrogen-bond donors (Lipinski definition) is 1. The minimum Gasteiger partial charge on any atom is -0.316 e. The third kappa shape index (κ3) is 5.10. The lowest BCUT2D eigenvalue weighted by atomic mass is 9.83. The molecule has 0 heterocycles. The molecule has 1 aromatic carbocycles. The lowest BCUT2D eigenvalue weighted by Crippen LogP contribution is -2.29. The molecule has 1 aliphatic rings. The van der Waals surface area contributed by atoms with E-state index in [1.165, 1.54) is 57.1 Å². The van der Waals surface area contributed by atoms with Crippen molar-refractivity contribution in [3.8, 4) is 0 Å². The molecule has 112 valence electrons. The van der Waals surface area contributed by atoms with Gasteiger partial charge in [0.2, 0.25) is 0 Å². The maximum Gasteiger partial charge on any atom is 0.0406 e. The lowest BCUT2D eigenvalue weighted by Gasteiger charge is -2.25. The maximum atomic E-state index is 5.98. The van der Waals surface area contributed by atoms with Gasteiger partial charge in [-0.05, 0) is 68.3 Å². The molecule has 0 spiro atoms. The van der Waals surface area contributed by atoms with Gasteiger partial charge in [-0.15, -0.1) is 0 Å². The molecule has 2 rings (SSSR count). The van der Waals surface area contributed by atoms with Crippen molar-refractivity contribution in [1.82, 2.24) is 5.32 Å². The Morgan fingerprint density at radius 3 is 2.45 bits per heavy atom. The van der Waals surface area contributed by atoms with Crippen molar-refractivity contribution in [3.05, 3.63) is 34.9 Å². The van der Waals surface area contributed by atoms with Crippen molar-refractivity contribution in [2.45, 2.75) is 51.9 Å². The standard InChI is InChI=1S/C18H28ClN/c1-2-12-20-14-17-7-5-3-4-6-16(17)13-15-8-10-18(19)11-9-15/h8-11,16-17,20H,2-7,12-14H2,1H3. The fourth-order valence-electron chi connectivity index (χ4n) is 3.39. The van der Waals surface area contributed by atoms with Crippen LogP contribution in [-0.2, 0) is 6.42 Å². The molecule has 1 aromatic rings. The van der Waals surface area contributed by atoms with Crippen LogP contribution in [0, 0.1) is 11.8 Å². The zero-order valence-electron chi connectivity index (χ0n) is 12.7. The van der Waals surface area contributed by atoms with E-state index < -0.39 is 0 Å². The molecule has 1 fully saturated rings. The van der Waals surface area contributed by atoms with E-state index in [2.05, 4.69) is 24.4 Å². The van der Waals surface area contributed by atoms with E-state index in [9.17, 15) is 0 Å². The Morgan fingerprint density at radius 1 is 1.05 bits per heavy atom. The summed E-state index contributed by atoms with van der Waals surface area (Å²) in [4.78, 5) is 0. The van der Waals surface area contributed by atoms with Crippen LogP contribution in [0.4, 0.5) is 0 Å². The second-order valence-electron chi connectivity index (χ2n) is 6.19. The molecule has 0 radical (unpaired) electrons. The number of benzene rings is 1. The molecule has 0 aromatic heterocycles. The van der Waals surface area contributed by atoms with Crippen molar-refractivity contribution in [1.29, 1.82) is 0 Å². The van der Waals surface area contributed by atoms with Gasteiger partial charge in [0.05, 0.1) is 0 Å². The first kappa shape index (κ1) is 15.9. The van der Waals surface area contributed by atoms with Gasteiger partial charge in [0.1, 0.15) is 0 Å². The number of nitrogens with one attached hydrogen (secondary N) is 1. The minimum atomic E-state index is 0.836. The molecular weight excluding hydrogens is 266 g/mol. The van der Waals surface area contributed by atoms with Crippen LogP contribution in [0.1, 0.15) is 51.0 Å². The van der Waals surface area contributed by atoms with Crippen LogP contribution in [0.5, 0.6) is 0 Å². The molecule has 2 unspecified atom stereocenters. The van der Waals surface area contributed by atoms with Crippen LogP contribution in [0.3, 0.4) is 0 Å². The Hall–Kier alpha value is -0.530. The molecule has 2 atom stereocenters. The molecule has 20 heavy (non-hydrogen) atoms. The Bertz CT molecular complexity index is 374. The van der Waals surface area contributed by atoms with Gasteiger partial charge in [0, 0.05) is 5.02 Å². The Labute approximate surface area is 129 Å². The first-order chi connectivity index (χ1) is 9.79. The van der Waals surface area contributed by atoms with Gasteiger partial charge in [-0.25, -0.2) is 0 Å². The molecule has 0 bridgehead atoms. The third-order valence-electron chi connectivity index (χ3n) is 4.56. The van der Waals surface area contributed by atoms with Crippen LogP contribution in [-0.4, -0.2) is 13.1 Å². The first-order valence-electron chi connectivity index (χ1n) is 8.24. The molecule has 0 aliphatic heterocycles. The van der Waals surface area contributed by atoms with Crippen molar-refractivity contribution in [3.63, 3.8) is 0 Å². The highest BCUT2D eigenvalue weighted by Gasteiger charge is 2.23. The zero-order valence-corrected chi connectivity index (χ0v) is 13.5. The average Bonchev–Trinajstić information content (AvgIpc) is 2.67. The van der Waals surface area contributed by atoms with E-state index >= 15 is 0 Å². The summed E-state index contributed by atoms with van der Waals surface area (Å²) in [7, 11) is 0. The number of hydrogen-bond acceptors (Lipinski definition) is 1. The summed E-state index contributed by atoms with van der Waals surface area (Å²) in [5.41, 5.74) is 1.45. The predicted molar refractivity (Wildman–Crippen MR) is 88.4 cm³/mol. The summed E-state index contributed by atoms with van der Waals surface area (Å²) in [5.74, 6) is 1.68. The highest BCUT2D eigenvalue weighted by atomic mass is 35.5. The predicted octanol–water partition coefficient (Wildman–Crippen LogP) is 5.08. The third-order valence-corrected chi connectivity index (χ3v) is 4.81. The van der Waals surface area contributed by atoms with Crippen molar-refractivity contribution >= 4 is 11.6 Å². The first-order valence-corrected chi connectivity index (χ1v) is 8.62. The van der Waals surface area contributed by atoms with Crippen molar-refractivity contribution in [2.24, 2.45) is 11.8 Å². The van der Waals surface area contributed by atoms with Gasteiger partial charge in [-0.3, -0.25) is 0 Å². The van der Waals surface area contributed by atoms with E-state index in [4.69, 9.17) is 11.6 Å². The number of rotatable bonds is 6. The Kier molecular flexibility index (Phi) is 6.89. The molecule has 1 aliphatic carbocycles. The molecule has 1 nitrogen and oxygen atoms in total. The van der Waals surface area contributed by atoms with Crippen LogP contribution in [0.25, 0.3) is 0 Å². The second kappa shape index (κ2) is 8.69. The van der Waals surface area contributed by atoms with Crippen LogP contribution >= 0.6 is 11.6 Å². The van der Waals surface area contributed by atoms with Crippen molar-refractivity contribution < 1.29 is 0 Å². The highest BCUT2D eigenvalue weighted by molar-refractivity contribution is 6.30. The van der Waals surface area contributed by atoms with Crippen LogP contribution in [0.15, 0.2) is 24.3 Å². The highest BCUT2D eigenvalue weighted by Crippen LogP contribution is 2.31. The lowest BCUT2D eigenvalue weighted by molar-refractivity contribution is 0.298. The summed E-state index contributed by atoms with van der Waals surface area (Å²) in [5, 5.41) is 4.48.